The maximum atomic E-state index is 12.7. The summed E-state index contributed by atoms with van der Waals surface area (Å²) < 4.78 is 18.6. The van der Waals surface area contributed by atoms with E-state index in [0.717, 1.165) is 16.0 Å². The van der Waals surface area contributed by atoms with Crippen LogP contribution in [0, 0.1) is 0 Å². The molecule has 7 heteroatoms. The Morgan fingerprint density at radius 1 is 1.00 bits per heavy atom. The Kier molecular flexibility index (Phi) is 4.76. The standard InChI is InChI=1S/C18H18N2O4S/c1-20-14-7-5-12(23-3)10-16(14)25-18(20)19-17(21)13-9-11(22-2)6-8-15(13)24-4/h5-10H,1-4H3. The lowest BCUT2D eigenvalue weighted by atomic mass is 10.2. The van der Waals surface area contributed by atoms with Crippen molar-refractivity contribution in [3.05, 3.63) is 46.8 Å². The summed E-state index contributed by atoms with van der Waals surface area (Å²) in [5, 5.41) is 0. The van der Waals surface area contributed by atoms with Crippen molar-refractivity contribution in [2.24, 2.45) is 12.0 Å². The third-order valence-corrected chi connectivity index (χ3v) is 4.95. The highest BCUT2D eigenvalue weighted by Crippen LogP contribution is 2.25. The van der Waals surface area contributed by atoms with Crippen LogP contribution in [0.5, 0.6) is 17.2 Å². The molecule has 0 aliphatic rings. The number of thiazole rings is 1. The van der Waals surface area contributed by atoms with Crippen molar-refractivity contribution in [3.8, 4) is 17.2 Å². The predicted molar refractivity (Wildman–Crippen MR) is 96.8 cm³/mol. The van der Waals surface area contributed by atoms with Crippen LogP contribution in [-0.2, 0) is 7.05 Å². The molecule has 130 valence electrons. The van der Waals surface area contributed by atoms with Crippen molar-refractivity contribution in [2.45, 2.75) is 0 Å². The van der Waals surface area contributed by atoms with Gasteiger partial charge in [0, 0.05) is 7.05 Å². The summed E-state index contributed by atoms with van der Waals surface area (Å²) in [4.78, 5) is 17.5. The SMILES string of the molecule is COc1ccc(OC)c(C(=O)N=c2sc3cc(OC)ccc3n2C)c1. The molecule has 1 heterocycles. The van der Waals surface area contributed by atoms with Crippen LogP contribution in [-0.4, -0.2) is 31.8 Å². The number of amides is 1. The van der Waals surface area contributed by atoms with E-state index in [1.165, 1.54) is 18.4 Å². The second kappa shape index (κ2) is 6.98. The minimum absolute atomic E-state index is 0.358. The molecule has 0 unspecified atom stereocenters. The van der Waals surface area contributed by atoms with Gasteiger partial charge in [-0.15, -0.1) is 0 Å². The number of nitrogens with zero attached hydrogens (tertiary/aromatic N) is 2. The maximum absolute atomic E-state index is 12.7. The summed E-state index contributed by atoms with van der Waals surface area (Å²) in [7, 11) is 6.57. The van der Waals surface area contributed by atoms with Gasteiger partial charge in [-0.1, -0.05) is 11.3 Å². The molecule has 0 N–H and O–H groups in total. The van der Waals surface area contributed by atoms with Crippen LogP contribution >= 0.6 is 11.3 Å². The van der Waals surface area contributed by atoms with E-state index < -0.39 is 0 Å². The lowest BCUT2D eigenvalue weighted by Gasteiger charge is -2.07. The van der Waals surface area contributed by atoms with Crippen LogP contribution < -0.4 is 19.0 Å². The van der Waals surface area contributed by atoms with Gasteiger partial charge in [-0.05, 0) is 36.4 Å². The number of hydrogen-bond donors (Lipinski definition) is 0. The molecule has 3 aromatic rings. The monoisotopic (exact) mass is 358 g/mol. The molecule has 1 aromatic heterocycles. The Morgan fingerprint density at radius 2 is 1.68 bits per heavy atom. The predicted octanol–water partition coefficient (Wildman–Crippen LogP) is 3.01. The topological polar surface area (TPSA) is 62.1 Å². The van der Waals surface area contributed by atoms with Gasteiger partial charge in [0.25, 0.3) is 5.91 Å². The molecule has 0 fully saturated rings. The minimum atomic E-state index is -0.384. The van der Waals surface area contributed by atoms with Crippen LogP contribution in [0.25, 0.3) is 10.2 Å². The van der Waals surface area contributed by atoms with E-state index in [2.05, 4.69) is 4.99 Å². The molecule has 0 aliphatic heterocycles. The van der Waals surface area contributed by atoms with Gasteiger partial charge in [-0.3, -0.25) is 4.79 Å². The third kappa shape index (κ3) is 3.23. The summed E-state index contributed by atoms with van der Waals surface area (Å²) in [5.41, 5.74) is 1.34. The zero-order valence-corrected chi connectivity index (χ0v) is 15.2. The minimum Gasteiger partial charge on any atom is -0.497 e. The first-order valence-corrected chi connectivity index (χ1v) is 8.33. The zero-order chi connectivity index (χ0) is 18.0. The number of benzene rings is 2. The highest BCUT2D eigenvalue weighted by atomic mass is 32.1. The Balaban J connectivity index is 2.10. The van der Waals surface area contributed by atoms with Crippen molar-refractivity contribution < 1.29 is 19.0 Å². The Labute approximate surface area is 148 Å². The lowest BCUT2D eigenvalue weighted by molar-refractivity contribution is 0.0994. The van der Waals surface area contributed by atoms with Crippen LogP contribution in [0.15, 0.2) is 41.4 Å². The molecular formula is C18H18N2O4S. The summed E-state index contributed by atoms with van der Waals surface area (Å²) in [6.45, 7) is 0. The molecule has 0 atom stereocenters. The van der Waals surface area contributed by atoms with Crippen LogP contribution in [0.1, 0.15) is 10.4 Å². The fourth-order valence-electron chi connectivity index (χ4n) is 2.48. The Bertz CT molecular complexity index is 1000. The van der Waals surface area contributed by atoms with Gasteiger partial charge in [-0.2, -0.15) is 4.99 Å². The summed E-state index contributed by atoms with van der Waals surface area (Å²) in [6.07, 6.45) is 0. The van der Waals surface area contributed by atoms with Gasteiger partial charge >= 0.3 is 0 Å². The molecule has 0 radical (unpaired) electrons. The molecule has 1 amide bonds. The Morgan fingerprint density at radius 3 is 2.36 bits per heavy atom. The van der Waals surface area contributed by atoms with Crippen LogP contribution in [0.4, 0.5) is 0 Å². The molecular weight excluding hydrogens is 340 g/mol. The van der Waals surface area contributed by atoms with Gasteiger partial charge < -0.3 is 18.8 Å². The zero-order valence-electron chi connectivity index (χ0n) is 14.4. The average Bonchev–Trinajstić information content (AvgIpc) is 2.95. The van der Waals surface area contributed by atoms with E-state index in [-0.39, 0.29) is 5.91 Å². The van der Waals surface area contributed by atoms with Crippen molar-refractivity contribution in [2.75, 3.05) is 21.3 Å². The first-order valence-electron chi connectivity index (χ1n) is 7.52. The number of methoxy groups -OCH3 is 3. The van der Waals surface area contributed by atoms with Crippen molar-refractivity contribution in [1.29, 1.82) is 0 Å². The number of aromatic nitrogens is 1. The maximum Gasteiger partial charge on any atom is 0.283 e. The largest absolute Gasteiger partial charge is 0.497 e. The number of carbonyl (C=O) groups excluding carboxylic acids is 1. The fourth-order valence-corrected chi connectivity index (χ4v) is 3.52. The van der Waals surface area contributed by atoms with E-state index in [9.17, 15) is 4.79 Å². The summed E-state index contributed by atoms with van der Waals surface area (Å²) >= 11 is 1.42. The molecule has 0 bridgehead atoms. The molecule has 2 aromatic carbocycles. The first kappa shape index (κ1) is 17.0. The molecule has 0 aliphatic carbocycles. The number of hydrogen-bond acceptors (Lipinski definition) is 5. The number of ether oxygens (including phenoxy) is 3. The number of rotatable bonds is 4. The number of fused-ring (bicyclic) bond motifs is 1. The lowest BCUT2D eigenvalue weighted by Crippen LogP contribution is -2.13. The van der Waals surface area contributed by atoms with Crippen molar-refractivity contribution in [3.63, 3.8) is 0 Å². The third-order valence-electron chi connectivity index (χ3n) is 3.85. The molecule has 3 rings (SSSR count). The van der Waals surface area contributed by atoms with Crippen LogP contribution in [0.2, 0.25) is 0 Å². The normalized spacial score (nSPS) is 11.6. The summed E-state index contributed by atoms with van der Waals surface area (Å²) in [6, 6.07) is 10.8. The first-order chi connectivity index (χ1) is 12.1. The second-order valence-corrected chi connectivity index (χ2v) is 6.27. The van der Waals surface area contributed by atoms with E-state index in [1.54, 1.807) is 32.4 Å². The highest BCUT2D eigenvalue weighted by Gasteiger charge is 2.14. The van der Waals surface area contributed by atoms with Gasteiger partial charge in [0.05, 0.1) is 37.1 Å². The smallest absolute Gasteiger partial charge is 0.283 e. The molecule has 0 saturated heterocycles. The van der Waals surface area contributed by atoms with E-state index >= 15 is 0 Å². The molecule has 0 spiro atoms. The number of carbonyl (C=O) groups is 1. The van der Waals surface area contributed by atoms with Crippen LogP contribution in [0.3, 0.4) is 0 Å². The van der Waals surface area contributed by atoms with E-state index in [0.29, 0.717) is 21.9 Å². The number of aryl methyl sites for hydroxylation is 1. The van der Waals surface area contributed by atoms with Crippen molar-refractivity contribution in [1.82, 2.24) is 4.57 Å². The van der Waals surface area contributed by atoms with E-state index in [4.69, 9.17) is 14.2 Å². The van der Waals surface area contributed by atoms with Gasteiger partial charge in [0.1, 0.15) is 17.2 Å². The quantitative estimate of drug-likeness (QED) is 0.719. The van der Waals surface area contributed by atoms with Gasteiger partial charge in [0.2, 0.25) is 0 Å². The average molecular weight is 358 g/mol. The molecule has 6 nitrogen and oxygen atoms in total. The van der Waals surface area contributed by atoms with E-state index in [1.807, 2.05) is 29.8 Å². The van der Waals surface area contributed by atoms with Crippen molar-refractivity contribution >= 4 is 27.5 Å². The Hall–Kier alpha value is -2.80. The summed E-state index contributed by atoms with van der Waals surface area (Å²) in [5.74, 6) is 1.41. The fraction of sp³-hybridized carbons (Fsp3) is 0.222. The molecule has 25 heavy (non-hydrogen) atoms. The molecule has 0 saturated carbocycles. The van der Waals surface area contributed by atoms with Gasteiger partial charge in [-0.25, -0.2) is 0 Å². The second-order valence-electron chi connectivity index (χ2n) is 5.26. The van der Waals surface area contributed by atoms with Gasteiger partial charge in [0.15, 0.2) is 4.80 Å². The highest BCUT2D eigenvalue weighted by molar-refractivity contribution is 7.16.